The summed E-state index contributed by atoms with van der Waals surface area (Å²) in [6.45, 7) is 5.06. The van der Waals surface area contributed by atoms with Crippen LogP contribution in [0, 0.1) is 20.8 Å². The molecule has 2 aromatic carbocycles. The number of amides is 1. The Balaban J connectivity index is 1.78. The molecule has 5 nitrogen and oxygen atoms in total. The lowest BCUT2D eigenvalue weighted by atomic mass is 10.1. The third kappa shape index (κ3) is 6.12. The molecule has 0 bridgehead atoms. The molecule has 0 heterocycles. The molecule has 0 aliphatic heterocycles. The molecule has 0 fully saturated rings. The van der Waals surface area contributed by atoms with Gasteiger partial charge in [-0.3, -0.25) is 4.79 Å². The summed E-state index contributed by atoms with van der Waals surface area (Å²) in [5.74, 6) is -0.480. The van der Waals surface area contributed by atoms with Gasteiger partial charge in [-0.05, 0) is 67.8 Å². The second-order valence-electron chi connectivity index (χ2n) is 5.78. The Morgan fingerprint density at radius 3 is 2.32 bits per heavy atom. The van der Waals surface area contributed by atoms with E-state index in [-0.39, 0.29) is 13.2 Å². The zero-order valence-corrected chi connectivity index (χ0v) is 15.1. The van der Waals surface area contributed by atoms with Crippen molar-refractivity contribution in [1.82, 2.24) is 0 Å². The van der Waals surface area contributed by atoms with Crippen molar-refractivity contribution in [3.63, 3.8) is 0 Å². The van der Waals surface area contributed by atoms with Crippen LogP contribution >= 0.6 is 11.6 Å². The van der Waals surface area contributed by atoms with Gasteiger partial charge in [0.05, 0.1) is 0 Å². The molecule has 1 N–H and O–H groups in total. The van der Waals surface area contributed by atoms with E-state index in [9.17, 15) is 9.59 Å². The fourth-order valence-corrected chi connectivity index (χ4v) is 2.57. The molecule has 0 spiro atoms. The monoisotopic (exact) mass is 361 g/mol. The fraction of sp³-hybridized carbons (Fsp3) is 0.263. The number of hydrogen-bond donors (Lipinski definition) is 1. The number of carbonyl (C=O) groups excluding carboxylic acids is 2. The van der Waals surface area contributed by atoms with Crippen molar-refractivity contribution in [3.8, 4) is 5.75 Å². The predicted molar refractivity (Wildman–Crippen MR) is 97.2 cm³/mol. The van der Waals surface area contributed by atoms with E-state index < -0.39 is 11.9 Å². The quantitative estimate of drug-likeness (QED) is 0.794. The summed E-state index contributed by atoms with van der Waals surface area (Å²) in [7, 11) is 0. The molecule has 0 aromatic heterocycles. The van der Waals surface area contributed by atoms with E-state index >= 15 is 0 Å². The Hall–Kier alpha value is -2.53. The number of halogens is 1. The first kappa shape index (κ1) is 18.8. The normalized spacial score (nSPS) is 10.2. The number of ether oxygens (including phenoxy) is 2. The van der Waals surface area contributed by atoms with Crippen LogP contribution in [0.3, 0.4) is 0 Å². The molecule has 2 aromatic rings. The van der Waals surface area contributed by atoms with Crippen molar-refractivity contribution < 1.29 is 19.1 Å². The van der Waals surface area contributed by atoms with E-state index in [4.69, 9.17) is 21.1 Å². The highest BCUT2D eigenvalue weighted by Crippen LogP contribution is 2.21. The Bertz CT molecular complexity index is 769. The van der Waals surface area contributed by atoms with Crippen LogP contribution in [0.25, 0.3) is 0 Å². The molecule has 0 unspecified atom stereocenters. The summed E-state index contributed by atoms with van der Waals surface area (Å²) < 4.78 is 10.3. The van der Waals surface area contributed by atoms with Gasteiger partial charge in [0.25, 0.3) is 5.91 Å². The highest BCUT2D eigenvalue weighted by atomic mass is 35.5. The predicted octanol–water partition coefficient (Wildman–Crippen LogP) is 3.83. The highest BCUT2D eigenvalue weighted by Gasteiger charge is 2.10. The number of hydrogen-bond acceptors (Lipinski definition) is 4. The van der Waals surface area contributed by atoms with E-state index in [0.29, 0.717) is 16.5 Å². The number of carbonyl (C=O) groups is 2. The lowest BCUT2D eigenvalue weighted by molar-refractivity contribution is -0.149. The van der Waals surface area contributed by atoms with Gasteiger partial charge in [-0.2, -0.15) is 0 Å². The number of esters is 1. The first-order chi connectivity index (χ1) is 11.8. The van der Waals surface area contributed by atoms with Gasteiger partial charge in [-0.25, -0.2) is 4.79 Å². The molecule has 132 valence electrons. The maximum absolute atomic E-state index is 11.9. The van der Waals surface area contributed by atoms with Crippen molar-refractivity contribution in [2.45, 2.75) is 20.8 Å². The molecular weight excluding hydrogens is 342 g/mol. The van der Waals surface area contributed by atoms with Crippen LogP contribution in [0.2, 0.25) is 5.02 Å². The molecule has 0 saturated carbocycles. The van der Waals surface area contributed by atoms with Crippen molar-refractivity contribution in [1.29, 1.82) is 0 Å². The Kier molecular flexibility index (Phi) is 6.42. The molecular formula is C19H20ClNO4. The molecule has 25 heavy (non-hydrogen) atoms. The minimum atomic E-state index is -0.620. The lowest BCUT2D eigenvalue weighted by Gasteiger charge is -2.10. The molecule has 0 aliphatic rings. The number of aryl methyl sites for hydroxylation is 3. The maximum atomic E-state index is 11.9. The molecule has 0 aliphatic carbocycles. The first-order valence-electron chi connectivity index (χ1n) is 7.76. The van der Waals surface area contributed by atoms with E-state index in [0.717, 1.165) is 16.7 Å². The summed E-state index contributed by atoms with van der Waals surface area (Å²) in [6.07, 6.45) is 0. The van der Waals surface area contributed by atoms with Crippen LogP contribution in [-0.2, 0) is 14.3 Å². The minimum absolute atomic E-state index is 0.278. The van der Waals surface area contributed by atoms with Crippen LogP contribution in [-0.4, -0.2) is 25.1 Å². The fourth-order valence-electron chi connectivity index (χ4n) is 2.34. The van der Waals surface area contributed by atoms with E-state index in [2.05, 4.69) is 5.32 Å². The number of rotatable bonds is 6. The average Bonchev–Trinajstić information content (AvgIpc) is 2.51. The van der Waals surface area contributed by atoms with Gasteiger partial charge < -0.3 is 14.8 Å². The van der Waals surface area contributed by atoms with Crippen molar-refractivity contribution >= 4 is 29.2 Å². The Morgan fingerprint density at radius 1 is 1.00 bits per heavy atom. The number of benzene rings is 2. The Labute approximate surface area is 151 Å². The van der Waals surface area contributed by atoms with E-state index in [1.54, 1.807) is 18.2 Å². The smallest absolute Gasteiger partial charge is 0.344 e. The van der Waals surface area contributed by atoms with Crippen LogP contribution in [0.5, 0.6) is 5.75 Å². The van der Waals surface area contributed by atoms with Gasteiger partial charge in [-0.15, -0.1) is 0 Å². The van der Waals surface area contributed by atoms with Gasteiger partial charge in [0.15, 0.2) is 13.2 Å². The van der Waals surface area contributed by atoms with Crippen LogP contribution in [0.1, 0.15) is 16.7 Å². The molecule has 0 atom stereocenters. The highest BCUT2D eigenvalue weighted by molar-refractivity contribution is 6.30. The SMILES string of the molecule is Cc1cc(C)cc(NC(=O)COC(=O)COc2ccc(Cl)cc2C)c1. The standard InChI is InChI=1S/C19H20ClNO4/c1-12-6-13(2)8-16(7-12)21-18(22)10-25-19(23)11-24-17-5-4-15(20)9-14(17)3/h4-9H,10-11H2,1-3H3,(H,21,22). The van der Waals surface area contributed by atoms with Gasteiger partial charge in [0.1, 0.15) is 5.75 Å². The molecule has 6 heteroatoms. The summed E-state index contributed by atoms with van der Waals surface area (Å²) in [4.78, 5) is 23.6. The minimum Gasteiger partial charge on any atom is -0.482 e. The van der Waals surface area contributed by atoms with Crippen molar-refractivity contribution in [2.75, 3.05) is 18.5 Å². The molecule has 0 saturated heterocycles. The number of anilines is 1. The summed E-state index contributed by atoms with van der Waals surface area (Å²) >= 11 is 5.86. The first-order valence-corrected chi connectivity index (χ1v) is 8.14. The second-order valence-corrected chi connectivity index (χ2v) is 6.22. The summed E-state index contributed by atoms with van der Waals surface area (Å²) in [5, 5.41) is 3.29. The van der Waals surface area contributed by atoms with Crippen LogP contribution in [0.4, 0.5) is 5.69 Å². The largest absolute Gasteiger partial charge is 0.482 e. The zero-order chi connectivity index (χ0) is 18.4. The van der Waals surface area contributed by atoms with Gasteiger partial charge >= 0.3 is 5.97 Å². The molecule has 0 radical (unpaired) electrons. The van der Waals surface area contributed by atoms with E-state index in [1.807, 2.05) is 39.0 Å². The average molecular weight is 362 g/mol. The third-order valence-corrected chi connectivity index (χ3v) is 3.59. The second kappa shape index (κ2) is 8.53. The third-order valence-electron chi connectivity index (χ3n) is 3.35. The van der Waals surface area contributed by atoms with Crippen LogP contribution < -0.4 is 10.1 Å². The lowest BCUT2D eigenvalue weighted by Crippen LogP contribution is -2.23. The van der Waals surface area contributed by atoms with Crippen molar-refractivity contribution in [3.05, 3.63) is 58.1 Å². The van der Waals surface area contributed by atoms with Gasteiger partial charge in [0.2, 0.25) is 0 Å². The summed E-state index contributed by atoms with van der Waals surface area (Å²) in [5.41, 5.74) is 3.57. The van der Waals surface area contributed by atoms with Gasteiger partial charge in [-0.1, -0.05) is 17.7 Å². The number of nitrogens with one attached hydrogen (secondary N) is 1. The maximum Gasteiger partial charge on any atom is 0.344 e. The molecule has 2 rings (SSSR count). The van der Waals surface area contributed by atoms with Crippen molar-refractivity contribution in [2.24, 2.45) is 0 Å². The van der Waals surface area contributed by atoms with Gasteiger partial charge in [0, 0.05) is 10.7 Å². The van der Waals surface area contributed by atoms with E-state index in [1.165, 1.54) is 0 Å². The molecule has 1 amide bonds. The topological polar surface area (TPSA) is 64.6 Å². The van der Waals surface area contributed by atoms with Crippen LogP contribution in [0.15, 0.2) is 36.4 Å². The Morgan fingerprint density at radius 2 is 1.68 bits per heavy atom. The zero-order valence-electron chi connectivity index (χ0n) is 14.4. The summed E-state index contributed by atoms with van der Waals surface area (Å²) in [6, 6.07) is 10.8.